The minimum atomic E-state index is 0.273. The summed E-state index contributed by atoms with van der Waals surface area (Å²) in [5, 5.41) is 25.9. The topological polar surface area (TPSA) is 40.5 Å². The van der Waals surface area contributed by atoms with Crippen LogP contribution in [-0.2, 0) is 0 Å². The lowest BCUT2D eigenvalue weighted by Gasteiger charge is -2.05. The van der Waals surface area contributed by atoms with Gasteiger partial charge in [-0.05, 0) is 29.0 Å². The Balaban J connectivity index is 0.000000137. The van der Waals surface area contributed by atoms with Gasteiger partial charge in [-0.2, -0.15) is 0 Å². The van der Waals surface area contributed by atoms with Crippen molar-refractivity contribution in [1.29, 1.82) is 0 Å². The van der Waals surface area contributed by atoms with Crippen molar-refractivity contribution in [3.05, 3.63) is 96.0 Å². The second kappa shape index (κ2) is 7.18. The van der Waals surface area contributed by atoms with E-state index in [-0.39, 0.29) is 5.75 Å². The van der Waals surface area contributed by atoms with Crippen LogP contribution in [0.1, 0.15) is 0 Å². The molecule has 0 heterocycles. The van der Waals surface area contributed by atoms with Gasteiger partial charge in [-0.25, -0.2) is 0 Å². The first-order valence-electron chi connectivity index (χ1n) is 8.61. The summed E-state index contributed by atoms with van der Waals surface area (Å²) in [6.07, 6.45) is 0. The second-order valence-electron chi connectivity index (χ2n) is 6.28. The first-order chi connectivity index (χ1) is 13.1. The molecule has 5 rings (SSSR count). The summed E-state index contributed by atoms with van der Waals surface area (Å²) in [4.78, 5) is 0. The van der Waals surface area contributed by atoms with Crippen LogP contribution in [-0.4, -0.2) is 10.2 Å². The van der Waals surface area contributed by atoms with Crippen molar-refractivity contribution in [2.75, 3.05) is 0 Å². The molecular formula is C24H17ClO2. The van der Waals surface area contributed by atoms with Crippen LogP contribution in [0.4, 0.5) is 0 Å². The molecule has 0 radical (unpaired) electrons. The zero-order chi connectivity index (χ0) is 18.8. The molecule has 5 aromatic rings. The van der Waals surface area contributed by atoms with Crippen LogP contribution in [0.3, 0.4) is 0 Å². The van der Waals surface area contributed by atoms with E-state index in [1.54, 1.807) is 12.1 Å². The van der Waals surface area contributed by atoms with Crippen LogP contribution in [0.25, 0.3) is 32.3 Å². The Hall–Kier alpha value is -3.23. The predicted molar refractivity (Wildman–Crippen MR) is 114 cm³/mol. The van der Waals surface area contributed by atoms with Gasteiger partial charge in [-0.15, -0.1) is 0 Å². The molecule has 3 heteroatoms. The zero-order valence-corrected chi connectivity index (χ0v) is 15.2. The van der Waals surface area contributed by atoms with Gasteiger partial charge in [-0.1, -0.05) is 84.4 Å². The van der Waals surface area contributed by atoms with Crippen LogP contribution in [0.5, 0.6) is 11.5 Å². The molecule has 0 aliphatic carbocycles. The highest BCUT2D eigenvalue weighted by molar-refractivity contribution is 6.35. The number of halogens is 1. The van der Waals surface area contributed by atoms with Gasteiger partial charge < -0.3 is 10.2 Å². The zero-order valence-electron chi connectivity index (χ0n) is 14.4. The van der Waals surface area contributed by atoms with Crippen molar-refractivity contribution in [2.24, 2.45) is 0 Å². The first-order valence-corrected chi connectivity index (χ1v) is 8.98. The molecule has 0 unspecified atom stereocenters. The lowest BCUT2D eigenvalue weighted by molar-refractivity contribution is 0.481. The summed E-state index contributed by atoms with van der Waals surface area (Å²) in [6, 6.07) is 28.7. The minimum Gasteiger partial charge on any atom is -0.507 e. The first kappa shape index (κ1) is 17.2. The van der Waals surface area contributed by atoms with E-state index in [1.165, 1.54) is 0 Å². The Morgan fingerprint density at radius 1 is 0.519 bits per heavy atom. The molecule has 0 atom stereocenters. The predicted octanol–water partition coefficient (Wildman–Crippen LogP) is 6.90. The minimum absolute atomic E-state index is 0.273. The molecule has 132 valence electrons. The van der Waals surface area contributed by atoms with Crippen molar-refractivity contribution < 1.29 is 10.2 Å². The molecule has 0 aromatic heterocycles. The number of hydrogen-bond donors (Lipinski definition) is 2. The van der Waals surface area contributed by atoms with Gasteiger partial charge >= 0.3 is 0 Å². The number of hydrogen-bond acceptors (Lipinski definition) is 2. The van der Waals surface area contributed by atoms with E-state index in [4.69, 9.17) is 11.6 Å². The van der Waals surface area contributed by atoms with Crippen LogP contribution in [0.15, 0.2) is 91.0 Å². The molecular weight excluding hydrogens is 356 g/mol. The SMILES string of the molecule is Oc1c2ccccc2cc2ccccc12.Oc1ccc(Cl)c2ccccc12. The summed E-state index contributed by atoms with van der Waals surface area (Å²) in [5.41, 5.74) is 0. The number of fused-ring (bicyclic) bond motifs is 3. The molecule has 5 aromatic carbocycles. The second-order valence-corrected chi connectivity index (χ2v) is 6.69. The third kappa shape index (κ3) is 3.27. The molecule has 2 N–H and O–H groups in total. The van der Waals surface area contributed by atoms with Crippen LogP contribution in [0.2, 0.25) is 5.02 Å². The Labute approximate surface area is 161 Å². The summed E-state index contributed by atoms with van der Waals surface area (Å²) >= 11 is 5.92. The average Bonchev–Trinajstić information content (AvgIpc) is 2.72. The number of rotatable bonds is 0. The largest absolute Gasteiger partial charge is 0.507 e. The van der Waals surface area contributed by atoms with E-state index in [0.29, 0.717) is 10.8 Å². The third-order valence-corrected chi connectivity index (χ3v) is 4.92. The number of phenols is 2. The van der Waals surface area contributed by atoms with Crippen molar-refractivity contribution in [3.8, 4) is 11.5 Å². The van der Waals surface area contributed by atoms with E-state index in [0.717, 1.165) is 32.3 Å². The Morgan fingerprint density at radius 3 is 1.56 bits per heavy atom. The molecule has 0 bridgehead atoms. The molecule has 0 saturated carbocycles. The highest BCUT2D eigenvalue weighted by Crippen LogP contribution is 2.33. The van der Waals surface area contributed by atoms with Crippen LogP contribution in [0, 0.1) is 0 Å². The number of phenolic OH excluding ortho intramolecular Hbond substituents is 2. The smallest absolute Gasteiger partial charge is 0.131 e. The molecule has 0 aliphatic heterocycles. The van der Waals surface area contributed by atoms with E-state index < -0.39 is 0 Å². The summed E-state index contributed by atoms with van der Waals surface area (Å²) in [5.74, 6) is 0.652. The third-order valence-electron chi connectivity index (χ3n) is 4.59. The van der Waals surface area contributed by atoms with Gasteiger partial charge in [0, 0.05) is 26.6 Å². The molecule has 0 fully saturated rings. The lowest BCUT2D eigenvalue weighted by atomic mass is 10.0. The van der Waals surface area contributed by atoms with Crippen molar-refractivity contribution in [3.63, 3.8) is 0 Å². The maximum atomic E-state index is 10.1. The summed E-state index contributed by atoms with van der Waals surface area (Å²) < 4.78 is 0. The van der Waals surface area contributed by atoms with Gasteiger partial charge in [0.05, 0.1) is 0 Å². The molecule has 27 heavy (non-hydrogen) atoms. The molecule has 0 saturated heterocycles. The van der Waals surface area contributed by atoms with Crippen molar-refractivity contribution in [2.45, 2.75) is 0 Å². The molecule has 0 aliphatic rings. The van der Waals surface area contributed by atoms with Gasteiger partial charge in [0.2, 0.25) is 0 Å². The standard InChI is InChI=1S/C14H10O.C10H7ClO/c15-14-12-7-3-1-5-10(12)9-11-6-2-4-8-13(11)14;11-9-5-6-10(12)8-4-2-1-3-7(8)9/h1-9,15H;1-6,12H. The number of benzene rings is 5. The maximum Gasteiger partial charge on any atom is 0.131 e. The lowest BCUT2D eigenvalue weighted by Crippen LogP contribution is -1.77. The molecule has 0 spiro atoms. The van der Waals surface area contributed by atoms with Crippen molar-refractivity contribution in [1.82, 2.24) is 0 Å². The van der Waals surface area contributed by atoms with Crippen LogP contribution < -0.4 is 0 Å². The van der Waals surface area contributed by atoms with E-state index in [9.17, 15) is 10.2 Å². The van der Waals surface area contributed by atoms with E-state index in [1.807, 2.05) is 72.8 Å². The van der Waals surface area contributed by atoms with E-state index >= 15 is 0 Å². The van der Waals surface area contributed by atoms with Gasteiger partial charge in [0.15, 0.2) is 0 Å². The van der Waals surface area contributed by atoms with E-state index in [2.05, 4.69) is 6.07 Å². The van der Waals surface area contributed by atoms with Gasteiger partial charge in [-0.3, -0.25) is 0 Å². The van der Waals surface area contributed by atoms with Crippen molar-refractivity contribution >= 4 is 43.9 Å². The van der Waals surface area contributed by atoms with Gasteiger partial charge in [0.25, 0.3) is 0 Å². The molecule has 2 nitrogen and oxygen atoms in total. The fourth-order valence-electron chi connectivity index (χ4n) is 3.24. The fraction of sp³-hybridized carbons (Fsp3) is 0. The maximum absolute atomic E-state index is 10.1. The highest BCUT2D eigenvalue weighted by atomic mass is 35.5. The summed E-state index contributed by atoms with van der Waals surface area (Å²) in [7, 11) is 0. The quantitative estimate of drug-likeness (QED) is 0.290. The average molecular weight is 373 g/mol. The van der Waals surface area contributed by atoms with Crippen LogP contribution >= 0.6 is 11.6 Å². The Kier molecular flexibility index (Phi) is 4.57. The Bertz CT molecular complexity index is 1170. The number of aromatic hydroxyl groups is 2. The van der Waals surface area contributed by atoms with Gasteiger partial charge in [0.1, 0.15) is 11.5 Å². The highest BCUT2D eigenvalue weighted by Gasteiger charge is 2.04. The summed E-state index contributed by atoms with van der Waals surface area (Å²) in [6.45, 7) is 0. The normalized spacial score (nSPS) is 10.7. The Morgan fingerprint density at radius 2 is 1.00 bits per heavy atom. The monoisotopic (exact) mass is 372 g/mol. The molecule has 0 amide bonds. The fourth-order valence-corrected chi connectivity index (χ4v) is 3.46.